The quantitative estimate of drug-likeness (QED) is 0.847. The Morgan fingerprint density at radius 3 is 2.38 bits per heavy atom. The fraction of sp³-hybridized carbons (Fsp3) is 0.619. The van der Waals surface area contributed by atoms with Gasteiger partial charge in [-0.05, 0) is 36.3 Å². The van der Waals surface area contributed by atoms with Crippen LogP contribution in [0, 0.1) is 0 Å². The smallest absolute Gasteiger partial charge is 0.300 e. The topological polar surface area (TPSA) is 64.9 Å². The molecule has 5 nitrogen and oxygen atoms in total. The first-order valence-electron chi connectivity index (χ1n) is 9.51. The molecule has 1 saturated heterocycles. The maximum atomic E-state index is 9.00. The van der Waals surface area contributed by atoms with Crippen LogP contribution in [-0.2, 0) is 10.2 Å². The molecule has 0 spiro atoms. The molecule has 2 N–H and O–H groups in total. The van der Waals surface area contributed by atoms with Gasteiger partial charge < -0.3 is 5.11 Å². The molecule has 0 bridgehead atoms. The second-order valence-electron chi connectivity index (χ2n) is 8.21. The standard InChI is InChI=1S/C19H29N3.C2H4O2/c1-14-17(10-13-22(14)18-20-11-5-12-21-18)15-6-8-16(9-7-15)19(2,3)4;1-2(3)4/h6-9,11,14,17-18,21H,5,10,12-13H2,1-4H3;1H3,(H,3,4)/t14-,17?,18?;/m1./s1. The van der Waals surface area contributed by atoms with Crippen LogP contribution in [0.4, 0.5) is 0 Å². The van der Waals surface area contributed by atoms with E-state index in [2.05, 4.69) is 73.4 Å². The number of carbonyl (C=O) groups is 1. The molecule has 144 valence electrons. The molecule has 0 amide bonds. The van der Waals surface area contributed by atoms with Gasteiger partial charge in [-0.15, -0.1) is 0 Å². The number of aliphatic imine (C=N–C) groups is 1. The van der Waals surface area contributed by atoms with Gasteiger partial charge in [-0.25, -0.2) is 0 Å². The monoisotopic (exact) mass is 359 g/mol. The highest BCUT2D eigenvalue weighted by atomic mass is 16.4. The minimum atomic E-state index is -0.833. The number of nitrogens with zero attached hydrogens (tertiary/aromatic N) is 2. The van der Waals surface area contributed by atoms with Gasteiger partial charge in [-0.2, -0.15) is 0 Å². The molecule has 2 aliphatic heterocycles. The summed E-state index contributed by atoms with van der Waals surface area (Å²) in [6.07, 6.45) is 4.53. The highest BCUT2D eigenvalue weighted by Crippen LogP contribution is 2.35. The van der Waals surface area contributed by atoms with E-state index < -0.39 is 5.97 Å². The molecule has 3 atom stereocenters. The third kappa shape index (κ3) is 5.39. The molecule has 0 aliphatic carbocycles. The Labute approximate surface area is 157 Å². The van der Waals surface area contributed by atoms with Crippen molar-refractivity contribution in [3.8, 4) is 0 Å². The van der Waals surface area contributed by atoms with Crippen molar-refractivity contribution >= 4 is 12.2 Å². The third-order valence-electron chi connectivity index (χ3n) is 5.17. The van der Waals surface area contributed by atoms with Crippen LogP contribution in [0.3, 0.4) is 0 Å². The van der Waals surface area contributed by atoms with Crippen LogP contribution in [0.25, 0.3) is 0 Å². The van der Waals surface area contributed by atoms with E-state index in [0.717, 1.165) is 26.4 Å². The molecule has 2 aliphatic rings. The Morgan fingerprint density at radius 2 is 1.88 bits per heavy atom. The number of carboxylic acids is 1. The summed E-state index contributed by atoms with van der Waals surface area (Å²) in [6.45, 7) is 12.4. The summed E-state index contributed by atoms with van der Waals surface area (Å²) in [5.74, 6) is -0.215. The van der Waals surface area contributed by atoms with Gasteiger partial charge in [0.05, 0.1) is 0 Å². The zero-order chi connectivity index (χ0) is 19.3. The summed E-state index contributed by atoms with van der Waals surface area (Å²) >= 11 is 0. The van der Waals surface area contributed by atoms with E-state index in [-0.39, 0.29) is 11.7 Å². The lowest BCUT2D eigenvalue weighted by atomic mass is 9.84. The average Bonchev–Trinajstić information content (AvgIpc) is 2.96. The molecule has 1 aromatic rings. The summed E-state index contributed by atoms with van der Waals surface area (Å²) in [4.78, 5) is 16.1. The largest absolute Gasteiger partial charge is 0.481 e. The Hall–Kier alpha value is -1.72. The van der Waals surface area contributed by atoms with Crippen molar-refractivity contribution in [3.05, 3.63) is 35.4 Å². The van der Waals surface area contributed by atoms with Crippen molar-refractivity contribution < 1.29 is 9.90 Å². The van der Waals surface area contributed by atoms with E-state index in [4.69, 9.17) is 9.90 Å². The van der Waals surface area contributed by atoms with Crippen molar-refractivity contribution in [2.24, 2.45) is 4.99 Å². The van der Waals surface area contributed by atoms with E-state index in [9.17, 15) is 0 Å². The van der Waals surface area contributed by atoms with Crippen LogP contribution in [0.15, 0.2) is 29.3 Å². The zero-order valence-corrected chi connectivity index (χ0v) is 16.7. The van der Waals surface area contributed by atoms with Gasteiger partial charge in [0.1, 0.15) is 0 Å². The average molecular weight is 360 g/mol. The highest BCUT2D eigenvalue weighted by molar-refractivity contribution is 5.63. The second-order valence-corrected chi connectivity index (χ2v) is 8.21. The molecule has 2 unspecified atom stereocenters. The van der Waals surface area contributed by atoms with E-state index in [0.29, 0.717) is 12.0 Å². The van der Waals surface area contributed by atoms with Crippen LogP contribution in [0.1, 0.15) is 64.5 Å². The molecule has 1 aromatic carbocycles. The van der Waals surface area contributed by atoms with E-state index in [1.54, 1.807) is 0 Å². The van der Waals surface area contributed by atoms with Crippen LogP contribution < -0.4 is 5.32 Å². The van der Waals surface area contributed by atoms with E-state index >= 15 is 0 Å². The van der Waals surface area contributed by atoms with Gasteiger partial charge in [-0.1, -0.05) is 45.0 Å². The van der Waals surface area contributed by atoms with Gasteiger partial charge in [0.15, 0.2) is 6.29 Å². The number of hydrogen-bond donors (Lipinski definition) is 2. The Bertz CT molecular complexity index is 615. The molecule has 0 saturated carbocycles. The summed E-state index contributed by atoms with van der Waals surface area (Å²) in [5.41, 5.74) is 3.12. The van der Waals surface area contributed by atoms with Crippen LogP contribution in [0.5, 0.6) is 0 Å². The molecular weight excluding hydrogens is 326 g/mol. The Kier molecular flexibility index (Phi) is 6.95. The summed E-state index contributed by atoms with van der Waals surface area (Å²) in [6, 6.07) is 9.82. The lowest BCUT2D eigenvalue weighted by Gasteiger charge is -2.32. The number of nitrogens with one attached hydrogen (secondary N) is 1. The minimum Gasteiger partial charge on any atom is -0.481 e. The predicted octanol–water partition coefficient (Wildman–Crippen LogP) is 3.60. The molecule has 2 heterocycles. The fourth-order valence-electron chi connectivity index (χ4n) is 3.69. The van der Waals surface area contributed by atoms with Gasteiger partial charge >= 0.3 is 0 Å². The number of carboxylic acid groups (broad SMARTS) is 1. The number of hydrogen-bond acceptors (Lipinski definition) is 4. The van der Waals surface area contributed by atoms with Crippen molar-refractivity contribution in [2.75, 3.05) is 13.1 Å². The second kappa shape index (κ2) is 8.78. The van der Waals surface area contributed by atoms with E-state index in [1.165, 1.54) is 17.5 Å². The first kappa shape index (κ1) is 20.6. The predicted molar refractivity (Wildman–Crippen MR) is 107 cm³/mol. The lowest BCUT2D eigenvalue weighted by Crippen LogP contribution is -2.48. The summed E-state index contributed by atoms with van der Waals surface area (Å²) in [5, 5.41) is 10.9. The van der Waals surface area contributed by atoms with Gasteiger partial charge in [-0.3, -0.25) is 20.0 Å². The summed E-state index contributed by atoms with van der Waals surface area (Å²) in [7, 11) is 0. The minimum absolute atomic E-state index is 0.183. The van der Waals surface area contributed by atoms with Crippen LogP contribution in [-0.4, -0.2) is 47.6 Å². The van der Waals surface area contributed by atoms with Gasteiger partial charge in [0.25, 0.3) is 5.97 Å². The third-order valence-corrected chi connectivity index (χ3v) is 5.17. The molecule has 5 heteroatoms. The lowest BCUT2D eigenvalue weighted by molar-refractivity contribution is -0.134. The van der Waals surface area contributed by atoms with Gasteiger partial charge in [0.2, 0.25) is 0 Å². The van der Waals surface area contributed by atoms with Crippen LogP contribution >= 0.6 is 0 Å². The SMILES string of the molecule is CC(=O)O.C[C@@H]1C(c2ccc(C(C)(C)C)cc2)CCN1C1N=CCCN1. The normalized spacial score (nSPS) is 26.3. The van der Waals surface area contributed by atoms with Crippen molar-refractivity contribution in [1.29, 1.82) is 0 Å². The fourth-order valence-corrected chi connectivity index (χ4v) is 3.69. The van der Waals surface area contributed by atoms with Gasteiger partial charge in [0, 0.05) is 38.2 Å². The highest BCUT2D eigenvalue weighted by Gasteiger charge is 2.36. The molecule has 26 heavy (non-hydrogen) atoms. The van der Waals surface area contributed by atoms with Crippen LogP contribution in [0.2, 0.25) is 0 Å². The molecule has 0 aromatic heterocycles. The van der Waals surface area contributed by atoms with Crippen molar-refractivity contribution in [3.63, 3.8) is 0 Å². The van der Waals surface area contributed by atoms with Crippen molar-refractivity contribution in [2.45, 2.75) is 71.1 Å². The first-order valence-corrected chi connectivity index (χ1v) is 9.51. The number of rotatable bonds is 2. The Morgan fingerprint density at radius 1 is 1.27 bits per heavy atom. The number of likely N-dealkylation sites (tertiary alicyclic amines) is 1. The molecule has 0 radical (unpaired) electrons. The summed E-state index contributed by atoms with van der Waals surface area (Å²) < 4.78 is 0. The Balaban J connectivity index is 0.000000552. The number of aliphatic carboxylic acids is 1. The molecule has 1 fully saturated rings. The maximum Gasteiger partial charge on any atom is 0.300 e. The zero-order valence-electron chi connectivity index (χ0n) is 16.7. The molecular formula is C21H33N3O2. The van der Waals surface area contributed by atoms with E-state index in [1.807, 2.05) is 0 Å². The number of benzene rings is 1. The van der Waals surface area contributed by atoms with Crippen molar-refractivity contribution in [1.82, 2.24) is 10.2 Å². The first-order chi connectivity index (χ1) is 12.2. The molecule has 3 rings (SSSR count). The maximum absolute atomic E-state index is 9.00.